The molecule has 114 valence electrons. The van der Waals surface area contributed by atoms with Crippen molar-refractivity contribution in [1.29, 1.82) is 0 Å². The van der Waals surface area contributed by atoms with Crippen LogP contribution >= 0.6 is 0 Å². The summed E-state index contributed by atoms with van der Waals surface area (Å²) in [6.45, 7) is 0.756. The topological polar surface area (TPSA) is 82.5 Å². The van der Waals surface area contributed by atoms with Gasteiger partial charge in [0.15, 0.2) is 0 Å². The van der Waals surface area contributed by atoms with Crippen molar-refractivity contribution in [3.63, 3.8) is 0 Å². The lowest BCUT2D eigenvalue weighted by Crippen LogP contribution is -2.35. The summed E-state index contributed by atoms with van der Waals surface area (Å²) in [6, 6.07) is 2.73. The summed E-state index contributed by atoms with van der Waals surface area (Å²) < 4.78 is 0. The Hall–Kier alpha value is -2.11. The molecular formula is C15H21N3O3. The van der Waals surface area contributed by atoms with Crippen molar-refractivity contribution in [2.24, 2.45) is 5.92 Å². The largest absolute Gasteiger partial charge is 0.477 e. The van der Waals surface area contributed by atoms with Gasteiger partial charge >= 0.3 is 12.0 Å². The van der Waals surface area contributed by atoms with E-state index in [-0.39, 0.29) is 11.7 Å². The van der Waals surface area contributed by atoms with Crippen LogP contribution in [0, 0.1) is 5.92 Å². The van der Waals surface area contributed by atoms with Crippen molar-refractivity contribution < 1.29 is 14.7 Å². The Bertz CT molecular complexity index is 495. The molecule has 0 spiro atoms. The lowest BCUT2D eigenvalue weighted by Gasteiger charge is -2.27. The number of hydrogen-bond acceptors (Lipinski definition) is 3. The van der Waals surface area contributed by atoms with E-state index < -0.39 is 5.97 Å². The standard InChI is InChI=1S/C15H21N3O3/c1-18(10-11-5-3-2-4-6-11)15(21)17-12-7-8-13(14(19)20)16-9-12/h7-9,11H,2-6,10H2,1H3,(H,17,21)(H,19,20). The van der Waals surface area contributed by atoms with Crippen molar-refractivity contribution >= 4 is 17.7 Å². The molecule has 1 fully saturated rings. The minimum absolute atomic E-state index is 0.0384. The average molecular weight is 291 g/mol. The SMILES string of the molecule is CN(CC1CCCCC1)C(=O)Nc1ccc(C(=O)O)nc1. The van der Waals surface area contributed by atoms with Crippen LogP contribution in [0.4, 0.5) is 10.5 Å². The van der Waals surface area contributed by atoms with Gasteiger partial charge in [-0.3, -0.25) is 0 Å². The summed E-state index contributed by atoms with van der Waals surface area (Å²) in [7, 11) is 1.78. The number of carbonyl (C=O) groups is 2. The van der Waals surface area contributed by atoms with E-state index in [1.54, 1.807) is 18.0 Å². The van der Waals surface area contributed by atoms with Crippen LogP contribution in [-0.4, -0.2) is 40.6 Å². The van der Waals surface area contributed by atoms with Gasteiger partial charge in [0.25, 0.3) is 0 Å². The molecule has 1 aromatic heterocycles. The van der Waals surface area contributed by atoms with E-state index in [1.807, 2.05) is 0 Å². The number of rotatable bonds is 4. The number of aromatic carboxylic acids is 1. The van der Waals surface area contributed by atoms with E-state index >= 15 is 0 Å². The molecule has 1 heterocycles. The van der Waals surface area contributed by atoms with Crippen LogP contribution in [0.5, 0.6) is 0 Å². The molecule has 2 N–H and O–H groups in total. The molecule has 1 aromatic rings. The number of carboxylic acids is 1. The number of amides is 2. The molecule has 0 radical (unpaired) electrons. The summed E-state index contributed by atoms with van der Waals surface area (Å²) >= 11 is 0. The predicted molar refractivity (Wildman–Crippen MR) is 79.4 cm³/mol. The summed E-state index contributed by atoms with van der Waals surface area (Å²) in [5, 5.41) is 11.5. The highest BCUT2D eigenvalue weighted by Crippen LogP contribution is 2.24. The fourth-order valence-electron chi connectivity index (χ4n) is 2.65. The van der Waals surface area contributed by atoms with E-state index in [1.165, 1.54) is 44.4 Å². The first-order chi connectivity index (χ1) is 10.1. The lowest BCUT2D eigenvalue weighted by molar-refractivity contribution is 0.0690. The monoisotopic (exact) mass is 291 g/mol. The molecule has 2 rings (SSSR count). The van der Waals surface area contributed by atoms with Gasteiger partial charge in [-0.05, 0) is 30.9 Å². The molecule has 6 nitrogen and oxygen atoms in total. The van der Waals surface area contributed by atoms with Gasteiger partial charge in [0, 0.05) is 13.6 Å². The van der Waals surface area contributed by atoms with Crippen LogP contribution in [0.1, 0.15) is 42.6 Å². The smallest absolute Gasteiger partial charge is 0.354 e. The molecule has 0 saturated heterocycles. The normalized spacial score (nSPS) is 15.5. The van der Waals surface area contributed by atoms with E-state index in [9.17, 15) is 9.59 Å². The number of nitrogens with one attached hydrogen (secondary N) is 1. The molecular weight excluding hydrogens is 270 g/mol. The van der Waals surface area contributed by atoms with Gasteiger partial charge in [-0.25, -0.2) is 14.6 Å². The second-order valence-electron chi connectivity index (χ2n) is 5.55. The van der Waals surface area contributed by atoms with Crippen molar-refractivity contribution in [2.45, 2.75) is 32.1 Å². The number of aromatic nitrogens is 1. The lowest BCUT2D eigenvalue weighted by atomic mass is 9.89. The third-order valence-electron chi connectivity index (χ3n) is 3.84. The first-order valence-corrected chi connectivity index (χ1v) is 7.27. The molecule has 0 aromatic carbocycles. The Labute approximate surface area is 124 Å². The number of carbonyl (C=O) groups excluding carboxylic acids is 1. The second-order valence-corrected chi connectivity index (χ2v) is 5.55. The molecule has 1 aliphatic rings. The van der Waals surface area contributed by atoms with Gasteiger partial charge in [-0.1, -0.05) is 19.3 Å². The maximum absolute atomic E-state index is 12.1. The highest BCUT2D eigenvalue weighted by molar-refractivity contribution is 5.90. The molecule has 0 bridgehead atoms. The Balaban J connectivity index is 1.86. The number of pyridine rings is 1. The first-order valence-electron chi connectivity index (χ1n) is 7.27. The van der Waals surface area contributed by atoms with E-state index in [0.717, 1.165) is 6.54 Å². The summed E-state index contributed by atoms with van der Waals surface area (Å²) in [5.74, 6) is -0.496. The highest BCUT2D eigenvalue weighted by atomic mass is 16.4. The Morgan fingerprint density at radius 1 is 1.33 bits per heavy atom. The average Bonchev–Trinajstić information content (AvgIpc) is 2.48. The number of nitrogens with zero attached hydrogens (tertiary/aromatic N) is 2. The fourth-order valence-corrected chi connectivity index (χ4v) is 2.65. The molecule has 21 heavy (non-hydrogen) atoms. The zero-order valence-corrected chi connectivity index (χ0v) is 12.2. The van der Waals surface area contributed by atoms with Gasteiger partial charge in [-0.2, -0.15) is 0 Å². The van der Waals surface area contributed by atoms with Crippen LogP contribution in [0.3, 0.4) is 0 Å². The molecule has 1 aliphatic carbocycles. The fraction of sp³-hybridized carbons (Fsp3) is 0.533. The van der Waals surface area contributed by atoms with Gasteiger partial charge in [0.2, 0.25) is 0 Å². The van der Waals surface area contributed by atoms with Gasteiger partial charge in [0.05, 0.1) is 11.9 Å². The third-order valence-corrected chi connectivity index (χ3v) is 3.84. The summed E-state index contributed by atoms with van der Waals surface area (Å²) in [4.78, 5) is 28.2. The van der Waals surface area contributed by atoms with Crippen molar-refractivity contribution in [1.82, 2.24) is 9.88 Å². The van der Waals surface area contributed by atoms with E-state index in [2.05, 4.69) is 10.3 Å². The van der Waals surface area contributed by atoms with Crippen LogP contribution in [0.25, 0.3) is 0 Å². The highest BCUT2D eigenvalue weighted by Gasteiger charge is 2.18. The minimum Gasteiger partial charge on any atom is -0.477 e. The summed E-state index contributed by atoms with van der Waals surface area (Å²) in [5.41, 5.74) is 0.462. The Kier molecular flexibility index (Phi) is 5.14. The van der Waals surface area contributed by atoms with Crippen LogP contribution in [-0.2, 0) is 0 Å². The number of carboxylic acid groups (broad SMARTS) is 1. The molecule has 2 amide bonds. The second kappa shape index (κ2) is 7.06. The van der Waals surface area contributed by atoms with Gasteiger partial charge < -0.3 is 15.3 Å². The first kappa shape index (κ1) is 15.3. The number of anilines is 1. The Morgan fingerprint density at radius 3 is 2.62 bits per heavy atom. The summed E-state index contributed by atoms with van der Waals surface area (Å²) in [6.07, 6.45) is 7.53. The molecule has 0 atom stereocenters. The number of urea groups is 1. The predicted octanol–water partition coefficient (Wildman–Crippen LogP) is 2.82. The third kappa shape index (κ3) is 4.44. The zero-order valence-electron chi connectivity index (χ0n) is 12.2. The molecule has 0 unspecified atom stereocenters. The van der Waals surface area contributed by atoms with E-state index in [0.29, 0.717) is 11.6 Å². The van der Waals surface area contributed by atoms with Crippen molar-refractivity contribution in [2.75, 3.05) is 18.9 Å². The Morgan fingerprint density at radius 2 is 2.05 bits per heavy atom. The van der Waals surface area contributed by atoms with Gasteiger partial charge in [-0.15, -0.1) is 0 Å². The van der Waals surface area contributed by atoms with Crippen LogP contribution in [0.2, 0.25) is 0 Å². The quantitative estimate of drug-likeness (QED) is 0.893. The van der Waals surface area contributed by atoms with Crippen molar-refractivity contribution in [3.05, 3.63) is 24.0 Å². The molecule has 1 saturated carbocycles. The maximum atomic E-state index is 12.1. The zero-order chi connectivity index (χ0) is 15.2. The molecule has 6 heteroatoms. The maximum Gasteiger partial charge on any atom is 0.354 e. The number of hydrogen-bond donors (Lipinski definition) is 2. The van der Waals surface area contributed by atoms with Gasteiger partial charge in [0.1, 0.15) is 5.69 Å². The van der Waals surface area contributed by atoms with Crippen LogP contribution < -0.4 is 5.32 Å². The van der Waals surface area contributed by atoms with E-state index in [4.69, 9.17) is 5.11 Å². The minimum atomic E-state index is -1.08. The van der Waals surface area contributed by atoms with Crippen molar-refractivity contribution in [3.8, 4) is 0 Å². The molecule has 0 aliphatic heterocycles. The van der Waals surface area contributed by atoms with Crippen LogP contribution in [0.15, 0.2) is 18.3 Å².